The van der Waals surface area contributed by atoms with Gasteiger partial charge in [-0.3, -0.25) is 9.69 Å². The Morgan fingerprint density at radius 2 is 2.30 bits per heavy atom. The fraction of sp³-hybridized carbons (Fsp3) is 0.375. The van der Waals surface area contributed by atoms with Crippen LogP contribution in [0.4, 0.5) is 0 Å². The number of hydrazone groups is 1. The lowest BCUT2D eigenvalue weighted by Crippen LogP contribution is -2.42. The number of rotatable bonds is 6. The number of nitrogens with one attached hydrogen (secondary N) is 1. The molecular formula is C16H18BrN3O3. The van der Waals surface area contributed by atoms with E-state index in [2.05, 4.69) is 32.4 Å². The SMILES string of the molecule is C#CCOc1ccc(C=NNC(=O)CN2CCOCC2)cc1Br. The van der Waals surface area contributed by atoms with Gasteiger partial charge in [0.25, 0.3) is 5.91 Å². The summed E-state index contributed by atoms with van der Waals surface area (Å²) in [5.41, 5.74) is 3.35. The molecule has 7 heteroatoms. The molecule has 1 fully saturated rings. The van der Waals surface area contributed by atoms with Gasteiger partial charge in [-0.2, -0.15) is 5.10 Å². The molecule has 1 heterocycles. The number of carbonyl (C=O) groups is 1. The third kappa shape index (κ3) is 6.02. The smallest absolute Gasteiger partial charge is 0.254 e. The van der Waals surface area contributed by atoms with Crippen molar-refractivity contribution in [2.45, 2.75) is 0 Å². The number of ether oxygens (including phenoxy) is 2. The minimum absolute atomic E-state index is 0.142. The van der Waals surface area contributed by atoms with Crippen LogP contribution in [0.25, 0.3) is 0 Å². The highest BCUT2D eigenvalue weighted by Crippen LogP contribution is 2.25. The summed E-state index contributed by atoms with van der Waals surface area (Å²) in [5, 5.41) is 3.96. The Bertz CT molecular complexity index is 607. The van der Waals surface area contributed by atoms with E-state index in [1.807, 2.05) is 17.0 Å². The molecule has 2 rings (SSSR count). The highest BCUT2D eigenvalue weighted by Gasteiger charge is 2.13. The van der Waals surface area contributed by atoms with E-state index in [1.165, 1.54) is 0 Å². The van der Waals surface area contributed by atoms with Crippen molar-refractivity contribution in [1.82, 2.24) is 10.3 Å². The molecule has 122 valence electrons. The molecule has 0 atom stereocenters. The van der Waals surface area contributed by atoms with Gasteiger partial charge in [0, 0.05) is 13.1 Å². The van der Waals surface area contributed by atoms with Crippen LogP contribution < -0.4 is 10.2 Å². The summed E-state index contributed by atoms with van der Waals surface area (Å²) >= 11 is 3.40. The van der Waals surface area contributed by atoms with Gasteiger partial charge in [-0.1, -0.05) is 5.92 Å². The zero-order valence-electron chi connectivity index (χ0n) is 12.6. The highest BCUT2D eigenvalue weighted by molar-refractivity contribution is 9.10. The summed E-state index contributed by atoms with van der Waals surface area (Å²) in [6.07, 6.45) is 6.73. The summed E-state index contributed by atoms with van der Waals surface area (Å²) in [4.78, 5) is 13.8. The van der Waals surface area contributed by atoms with Crippen LogP contribution in [0.15, 0.2) is 27.8 Å². The van der Waals surface area contributed by atoms with Gasteiger partial charge in [-0.25, -0.2) is 5.43 Å². The van der Waals surface area contributed by atoms with Crippen LogP contribution in [0.2, 0.25) is 0 Å². The maximum atomic E-state index is 11.8. The van der Waals surface area contributed by atoms with Gasteiger partial charge in [0.15, 0.2) is 0 Å². The molecule has 0 radical (unpaired) electrons. The van der Waals surface area contributed by atoms with Gasteiger partial charge in [0.1, 0.15) is 12.4 Å². The Balaban J connectivity index is 1.81. The van der Waals surface area contributed by atoms with Crippen LogP contribution in [0, 0.1) is 12.3 Å². The molecule has 1 aliphatic rings. The standard InChI is InChI=1S/C16H18BrN3O3/c1-2-7-23-15-4-3-13(10-14(15)17)11-18-19-16(21)12-20-5-8-22-9-6-20/h1,3-4,10-11H,5-9,12H2,(H,19,21). The first-order valence-electron chi connectivity index (χ1n) is 7.17. The largest absolute Gasteiger partial charge is 0.480 e. The highest BCUT2D eigenvalue weighted by atomic mass is 79.9. The molecule has 6 nitrogen and oxygen atoms in total. The number of morpholine rings is 1. The summed E-state index contributed by atoms with van der Waals surface area (Å²) in [6, 6.07) is 5.45. The van der Waals surface area contributed by atoms with Crippen LogP contribution in [0.5, 0.6) is 5.75 Å². The lowest BCUT2D eigenvalue weighted by molar-refractivity contribution is -0.123. The quantitative estimate of drug-likeness (QED) is 0.458. The Hall–Kier alpha value is -1.88. The van der Waals surface area contributed by atoms with E-state index in [4.69, 9.17) is 15.9 Å². The van der Waals surface area contributed by atoms with E-state index in [-0.39, 0.29) is 12.5 Å². The first kappa shape index (κ1) is 17.5. The third-order valence-corrected chi connectivity index (χ3v) is 3.76. The van der Waals surface area contributed by atoms with Crippen molar-refractivity contribution in [3.05, 3.63) is 28.2 Å². The molecule has 0 saturated carbocycles. The summed E-state index contributed by atoms with van der Waals surface area (Å²) in [7, 11) is 0. The number of terminal acetylenes is 1. The number of benzene rings is 1. The van der Waals surface area contributed by atoms with E-state index in [0.29, 0.717) is 25.5 Å². The van der Waals surface area contributed by atoms with E-state index in [1.54, 1.807) is 12.3 Å². The van der Waals surface area contributed by atoms with Crippen LogP contribution in [0.1, 0.15) is 5.56 Å². The Kier molecular flexibility index (Phi) is 7.07. The van der Waals surface area contributed by atoms with Crippen LogP contribution >= 0.6 is 15.9 Å². The molecule has 1 N–H and O–H groups in total. The monoisotopic (exact) mass is 379 g/mol. The molecule has 23 heavy (non-hydrogen) atoms. The number of halogens is 1. The number of hydrogen-bond donors (Lipinski definition) is 1. The van der Waals surface area contributed by atoms with Crippen molar-refractivity contribution in [3.8, 4) is 18.1 Å². The molecular weight excluding hydrogens is 362 g/mol. The van der Waals surface area contributed by atoms with Crippen molar-refractivity contribution in [2.24, 2.45) is 5.10 Å². The molecule has 0 unspecified atom stereocenters. The lowest BCUT2D eigenvalue weighted by Gasteiger charge is -2.25. The Labute approximate surface area is 144 Å². The minimum atomic E-state index is -0.142. The number of amides is 1. The van der Waals surface area contributed by atoms with Crippen molar-refractivity contribution < 1.29 is 14.3 Å². The zero-order valence-corrected chi connectivity index (χ0v) is 14.2. The van der Waals surface area contributed by atoms with Gasteiger partial charge in [0.05, 0.1) is 30.4 Å². The van der Waals surface area contributed by atoms with Gasteiger partial charge < -0.3 is 9.47 Å². The summed E-state index contributed by atoms with van der Waals surface area (Å²) < 4.78 is 11.4. The van der Waals surface area contributed by atoms with Crippen molar-refractivity contribution >= 4 is 28.1 Å². The Morgan fingerprint density at radius 3 is 3.00 bits per heavy atom. The molecule has 1 aromatic carbocycles. The van der Waals surface area contributed by atoms with Crippen LogP contribution in [-0.2, 0) is 9.53 Å². The van der Waals surface area contributed by atoms with Gasteiger partial charge in [-0.15, -0.1) is 6.42 Å². The second-order valence-electron chi connectivity index (χ2n) is 4.86. The number of carbonyl (C=O) groups excluding carboxylic acids is 1. The normalized spacial score (nSPS) is 15.3. The average Bonchev–Trinajstić information content (AvgIpc) is 2.55. The first-order valence-corrected chi connectivity index (χ1v) is 7.96. The number of nitrogens with zero attached hydrogens (tertiary/aromatic N) is 2. The van der Waals surface area contributed by atoms with Crippen molar-refractivity contribution in [3.63, 3.8) is 0 Å². The van der Waals surface area contributed by atoms with Gasteiger partial charge >= 0.3 is 0 Å². The first-order chi connectivity index (χ1) is 11.2. The molecule has 1 aliphatic heterocycles. The predicted molar refractivity (Wildman–Crippen MR) is 91.5 cm³/mol. The molecule has 1 amide bonds. The molecule has 1 aromatic rings. The maximum Gasteiger partial charge on any atom is 0.254 e. The fourth-order valence-electron chi connectivity index (χ4n) is 2.01. The van der Waals surface area contributed by atoms with Crippen LogP contribution in [0.3, 0.4) is 0 Å². The second kappa shape index (κ2) is 9.30. The molecule has 0 bridgehead atoms. The van der Waals surface area contributed by atoms with E-state index >= 15 is 0 Å². The molecule has 0 spiro atoms. The molecule has 0 aliphatic carbocycles. The van der Waals surface area contributed by atoms with E-state index in [9.17, 15) is 4.79 Å². The minimum Gasteiger partial charge on any atom is -0.480 e. The van der Waals surface area contributed by atoms with E-state index < -0.39 is 0 Å². The summed E-state index contributed by atoms with van der Waals surface area (Å²) in [6.45, 7) is 3.40. The Morgan fingerprint density at radius 1 is 1.52 bits per heavy atom. The van der Waals surface area contributed by atoms with Crippen molar-refractivity contribution in [1.29, 1.82) is 0 Å². The topological polar surface area (TPSA) is 63.2 Å². The summed E-state index contributed by atoms with van der Waals surface area (Å²) in [5.74, 6) is 2.93. The zero-order chi connectivity index (χ0) is 16.5. The molecule has 0 aromatic heterocycles. The molecule has 1 saturated heterocycles. The maximum absolute atomic E-state index is 11.8. The number of hydrogen-bond acceptors (Lipinski definition) is 5. The van der Waals surface area contributed by atoms with Crippen molar-refractivity contribution in [2.75, 3.05) is 39.5 Å². The average molecular weight is 380 g/mol. The third-order valence-electron chi connectivity index (χ3n) is 3.14. The van der Waals surface area contributed by atoms with Gasteiger partial charge in [-0.05, 0) is 39.7 Å². The fourth-order valence-corrected chi connectivity index (χ4v) is 2.52. The van der Waals surface area contributed by atoms with Crippen LogP contribution in [-0.4, -0.2) is 56.5 Å². The second-order valence-corrected chi connectivity index (χ2v) is 5.72. The van der Waals surface area contributed by atoms with E-state index in [0.717, 1.165) is 23.1 Å². The predicted octanol–water partition coefficient (Wildman–Crippen LogP) is 1.24. The lowest BCUT2D eigenvalue weighted by atomic mass is 10.2. The van der Waals surface area contributed by atoms with Gasteiger partial charge in [0.2, 0.25) is 0 Å².